The molecule has 1 aromatic heterocycles. The predicted molar refractivity (Wildman–Crippen MR) is 74.0 cm³/mol. The average Bonchev–Trinajstić information content (AvgIpc) is 2.99. The van der Waals surface area contributed by atoms with Crippen LogP contribution in [0.4, 0.5) is 5.95 Å². The van der Waals surface area contributed by atoms with Crippen LogP contribution < -0.4 is 5.73 Å². The maximum Gasteiger partial charge on any atom is 0.313 e. The lowest BCUT2D eigenvalue weighted by molar-refractivity contribution is -0.133. The molecule has 0 unspecified atom stereocenters. The first-order chi connectivity index (χ1) is 9.16. The van der Waals surface area contributed by atoms with Gasteiger partial charge < -0.3 is 10.8 Å². The third-order valence-electron chi connectivity index (χ3n) is 3.54. The van der Waals surface area contributed by atoms with Gasteiger partial charge in [0.25, 0.3) is 0 Å². The highest BCUT2D eigenvalue weighted by atomic mass is 32.2. The topological polar surface area (TPSA) is 94.0 Å². The van der Waals surface area contributed by atoms with Gasteiger partial charge in [0.1, 0.15) is 0 Å². The lowest BCUT2D eigenvalue weighted by Gasteiger charge is -2.10. The summed E-state index contributed by atoms with van der Waals surface area (Å²) in [6, 6.07) is 0. The van der Waals surface area contributed by atoms with Gasteiger partial charge >= 0.3 is 5.97 Å². The normalized spacial score (nSPS) is 16.0. The van der Waals surface area contributed by atoms with Gasteiger partial charge in [-0.15, -0.1) is 10.2 Å². The summed E-state index contributed by atoms with van der Waals surface area (Å²) in [7, 11) is 0. The maximum absolute atomic E-state index is 10.6. The van der Waals surface area contributed by atoms with Crippen LogP contribution in [0.2, 0.25) is 0 Å². The number of carboxylic acids is 1. The van der Waals surface area contributed by atoms with Crippen molar-refractivity contribution in [2.75, 3.05) is 11.5 Å². The number of rotatable bonds is 7. The van der Waals surface area contributed by atoms with E-state index in [1.807, 2.05) is 4.57 Å². The molecule has 0 spiro atoms. The Kier molecular flexibility index (Phi) is 5.07. The summed E-state index contributed by atoms with van der Waals surface area (Å²) in [5, 5.41) is 17.0. The van der Waals surface area contributed by atoms with Gasteiger partial charge in [-0.3, -0.25) is 9.36 Å². The standard InChI is InChI=1S/C12H20N4O2S/c13-11-14-15-12(19-8-10(17)18)16(11)7-3-6-9-4-1-2-5-9/h9H,1-8H2,(H2,13,14)(H,17,18). The molecule has 1 heterocycles. The van der Waals surface area contributed by atoms with Gasteiger partial charge in [-0.05, 0) is 18.8 Å². The second-order valence-corrected chi connectivity index (χ2v) is 5.91. The van der Waals surface area contributed by atoms with E-state index in [-0.39, 0.29) is 5.75 Å². The van der Waals surface area contributed by atoms with Crippen LogP contribution in [0.3, 0.4) is 0 Å². The van der Waals surface area contributed by atoms with E-state index in [4.69, 9.17) is 10.8 Å². The molecule has 1 aromatic rings. The Bertz CT molecular complexity index is 429. The summed E-state index contributed by atoms with van der Waals surface area (Å²) in [4.78, 5) is 10.6. The Morgan fingerprint density at radius 2 is 2.16 bits per heavy atom. The predicted octanol–water partition coefficient (Wildman–Crippen LogP) is 2.01. The van der Waals surface area contributed by atoms with Crippen LogP contribution in [0.5, 0.6) is 0 Å². The lowest BCUT2D eigenvalue weighted by Crippen LogP contribution is -2.07. The number of hydrogen-bond acceptors (Lipinski definition) is 5. The highest BCUT2D eigenvalue weighted by Crippen LogP contribution is 2.29. The number of aromatic nitrogens is 3. The Balaban J connectivity index is 1.83. The summed E-state index contributed by atoms with van der Waals surface area (Å²) < 4.78 is 1.82. The SMILES string of the molecule is Nc1nnc(SCC(=O)O)n1CCCC1CCCC1. The van der Waals surface area contributed by atoms with Crippen molar-refractivity contribution in [3.05, 3.63) is 0 Å². The molecule has 1 fully saturated rings. The van der Waals surface area contributed by atoms with Gasteiger partial charge in [0.15, 0.2) is 5.16 Å². The Morgan fingerprint density at radius 3 is 2.84 bits per heavy atom. The molecule has 0 bridgehead atoms. The van der Waals surface area contributed by atoms with Gasteiger partial charge in [-0.1, -0.05) is 37.4 Å². The van der Waals surface area contributed by atoms with Crippen molar-refractivity contribution in [2.24, 2.45) is 5.92 Å². The minimum atomic E-state index is -0.857. The second-order valence-electron chi connectivity index (χ2n) is 4.97. The highest BCUT2D eigenvalue weighted by Gasteiger charge is 2.16. The molecule has 1 aliphatic rings. The summed E-state index contributed by atoms with van der Waals surface area (Å²) in [6.45, 7) is 0.775. The number of carboxylic acid groups (broad SMARTS) is 1. The third-order valence-corrected chi connectivity index (χ3v) is 4.49. The molecule has 0 atom stereocenters. The van der Waals surface area contributed by atoms with E-state index < -0.39 is 5.97 Å². The minimum absolute atomic E-state index is 0.0131. The molecule has 0 aromatic carbocycles. The summed E-state index contributed by atoms with van der Waals surface area (Å²) in [5.41, 5.74) is 5.77. The van der Waals surface area contributed by atoms with E-state index in [1.165, 1.54) is 43.9 Å². The van der Waals surface area contributed by atoms with E-state index in [9.17, 15) is 4.79 Å². The van der Waals surface area contributed by atoms with Gasteiger partial charge in [0, 0.05) is 6.54 Å². The molecule has 0 saturated heterocycles. The van der Waals surface area contributed by atoms with Crippen LogP contribution in [0, 0.1) is 5.92 Å². The van der Waals surface area contributed by atoms with Crippen LogP contribution >= 0.6 is 11.8 Å². The molecular formula is C12H20N4O2S. The Hall–Kier alpha value is -1.24. The van der Waals surface area contributed by atoms with Crippen molar-refractivity contribution in [2.45, 2.75) is 50.2 Å². The lowest BCUT2D eigenvalue weighted by atomic mass is 10.0. The minimum Gasteiger partial charge on any atom is -0.481 e. The van der Waals surface area contributed by atoms with E-state index in [0.29, 0.717) is 11.1 Å². The quantitative estimate of drug-likeness (QED) is 0.744. The molecule has 106 valence electrons. The Morgan fingerprint density at radius 1 is 1.42 bits per heavy atom. The number of hydrogen-bond donors (Lipinski definition) is 2. The van der Waals surface area contributed by atoms with Crippen LogP contribution in [0.25, 0.3) is 0 Å². The molecule has 1 aliphatic carbocycles. The van der Waals surface area contributed by atoms with E-state index in [0.717, 1.165) is 18.9 Å². The first-order valence-corrected chi connectivity index (χ1v) is 7.68. The van der Waals surface area contributed by atoms with Crippen LogP contribution in [0.15, 0.2) is 5.16 Å². The van der Waals surface area contributed by atoms with Gasteiger partial charge in [-0.25, -0.2) is 0 Å². The number of carbonyl (C=O) groups is 1. The zero-order chi connectivity index (χ0) is 13.7. The number of thioether (sulfide) groups is 1. The number of anilines is 1. The first kappa shape index (κ1) is 14.2. The van der Waals surface area contributed by atoms with Crippen LogP contribution in [0.1, 0.15) is 38.5 Å². The number of nitrogens with two attached hydrogens (primary N) is 1. The largest absolute Gasteiger partial charge is 0.481 e. The van der Waals surface area contributed by atoms with E-state index >= 15 is 0 Å². The molecule has 0 radical (unpaired) electrons. The van der Waals surface area contributed by atoms with Crippen molar-refractivity contribution in [3.8, 4) is 0 Å². The smallest absolute Gasteiger partial charge is 0.313 e. The molecule has 0 amide bonds. The molecule has 19 heavy (non-hydrogen) atoms. The van der Waals surface area contributed by atoms with Crippen molar-refractivity contribution in [3.63, 3.8) is 0 Å². The van der Waals surface area contributed by atoms with Crippen molar-refractivity contribution >= 4 is 23.7 Å². The molecule has 0 aliphatic heterocycles. The Labute approximate surface area is 116 Å². The fourth-order valence-electron chi connectivity index (χ4n) is 2.58. The van der Waals surface area contributed by atoms with Gasteiger partial charge in [-0.2, -0.15) is 0 Å². The maximum atomic E-state index is 10.6. The van der Waals surface area contributed by atoms with Crippen LogP contribution in [-0.4, -0.2) is 31.6 Å². The molecule has 6 nitrogen and oxygen atoms in total. The summed E-state index contributed by atoms with van der Waals surface area (Å²) in [5.74, 6) is 0.358. The number of nitrogens with zero attached hydrogens (tertiary/aromatic N) is 3. The van der Waals surface area contributed by atoms with Crippen LogP contribution in [-0.2, 0) is 11.3 Å². The molecule has 3 N–H and O–H groups in total. The van der Waals surface area contributed by atoms with Crippen molar-refractivity contribution in [1.82, 2.24) is 14.8 Å². The van der Waals surface area contributed by atoms with Gasteiger partial charge in [0.2, 0.25) is 5.95 Å². The first-order valence-electron chi connectivity index (χ1n) is 6.70. The second kappa shape index (κ2) is 6.79. The molecular weight excluding hydrogens is 264 g/mol. The average molecular weight is 284 g/mol. The van der Waals surface area contributed by atoms with Crippen molar-refractivity contribution in [1.29, 1.82) is 0 Å². The van der Waals surface area contributed by atoms with Crippen molar-refractivity contribution < 1.29 is 9.90 Å². The molecule has 7 heteroatoms. The number of aliphatic carboxylic acids is 1. The molecule has 2 rings (SSSR count). The monoisotopic (exact) mass is 284 g/mol. The number of nitrogen functional groups attached to an aromatic ring is 1. The van der Waals surface area contributed by atoms with E-state index in [2.05, 4.69) is 10.2 Å². The zero-order valence-corrected chi connectivity index (χ0v) is 11.7. The highest BCUT2D eigenvalue weighted by molar-refractivity contribution is 7.99. The third kappa shape index (κ3) is 4.12. The zero-order valence-electron chi connectivity index (χ0n) is 10.9. The molecule has 1 saturated carbocycles. The summed E-state index contributed by atoms with van der Waals surface area (Å²) in [6.07, 6.45) is 7.67. The fourth-order valence-corrected chi connectivity index (χ4v) is 3.27. The summed E-state index contributed by atoms with van der Waals surface area (Å²) >= 11 is 1.17. The fraction of sp³-hybridized carbons (Fsp3) is 0.750. The van der Waals surface area contributed by atoms with E-state index in [1.54, 1.807) is 0 Å². The van der Waals surface area contributed by atoms with Gasteiger partial charge in [0.05, 0.1) is 5.75 Å².